The van der Waals surface area contributed by atoms with Crippen molar-refractivity contribution < 1.29 is 9.53 Å². The fourth-order valence-corrected chi connectivity index (χ4v) is 3.59. The smallest absolute Gasteiger partial charge is 0.331 e. The summed E-state index contributed by atoms with van der Waals surface area (Å²) < 4.78 is 6.29. The Morgan fingerprint density at radius 1 is 1.09 bits per heavy atom. The molecule has 0 fully saturated rings. The molecule has 0 N–H and O–H groups in total. The van der Waals surface area contributed by atoms with E-state index >= 15 is 0 Å². The first-order chi connectivity index (χ1) is 11.1. The van der Waals surface area contributed by atoms with Crippen LogP contribution in [0.2, 0.25) is 10.0 Å². The molecule has 0 spiro atoms. The van der Waals surface area contributed by atoms with Crippen LogP contribution in [0.4, 0.5) is 0 Å². The summed E-state index contributed by atoms with van der Waals surface area (Å²) in [6.07, 6.45) is 3.09. The van der Waals surface area contributed by atoms with Gasteiger partial charge in [0.15, 0.2) is 0 Å². The highest BCUT2D eigenvalue weighted by Gasteiger charge is 2.08. The summed E-state index contributed by atoms with van der Waals surface area (Å²) in [4.78, 5) is 12.7. The zero-order valence-electron chi connectivity index (χ0n) is 12.0. The third-order valence-electron chi connectivity index (χ3n) is 3.22. The Labute approximate surface area is 147 Å². The predicted molar refractivity (Wildman–Crippen MR) is 97.1 cm³/mol. The molecule has 0 amide bonds. The van der Waals surface area contributed by atoms with Crippen molar-refractivity contribution in [3.63, 3.8) is 0 Å². The average molecular weight is 363 g/mol. The molecule has 0 saturated heterocycles. The summed E-state index contributed by atoms with van der Waals surface area (Å²) in [5.41, 5.74) is 0.885. The molecule has 0 aliphatic rings. The second-order valence-electron chi connectivity index (χ2n) is 4.84. The van der Waals surface area contributed by atoms with Crippen LogP contribution in [0.1, 0.15) is 10.4 Å². The lowest BCUT2D eigenvalue weighted by Crippen LogP contribution is -2.00. The van der Waals surface area contributed by atoms with Gasteiger partial charge in [0.2, 0.25) is 0 Å². The van der Waals surface area contributed by atoms with Gasteiger partial charge in [0.05, 0.1) is 5.02 Å². The predicted octanol–water partition coefficient (Wildman–Crippen LogP) is 5.96. The number of halogens is 2. The number of hydrogen-bond acceptors (Lipinski definition) is 3. The Hall–Kier alpha value is -1.81. The van der Waals surface area contributed by atoms with Crippen LogP contribution in [0.5, 0.6) is 0 Å². The quantitative estimate of drug-likeness (QED) is 0.422. The van der Waals surface area contributed by atoms with Gasteiger partial charge in [-0.1, -0.05) is 53.5 Å². The molecular weight excluding hydrogens is 351 g/mol. The van der Waals surface area contributed by atoms with E-state index in [1.807, 2.05) is 36.4 Å². The number of carbonyl (C=O) groups excluding carboxylic acids is 1. The van der Waals surface area contributed by atoms with Gasteiger partial charge in [-0.05, 0) is 29.8 Å². The standard InChI is InChI=1S/C18H12Cl2O2S/c19-13-7-5-12(6-8-13)11-22-17(21)10-9-16-18(20)14-3-1-2-4-15(14)23-16/h1-10H,11H2/b10-9+. The van der Waals surface area contributed by atoms with Gasteiger partial charge in [-0.3, -0.25) is 0 Å². The molecule has 0 bridgehead atoms. The molecular formula is C18H12Cl2O2S. The Morgan fingerprint density at radius 2 is 1.83 bits per heavy atom. The first kappa shape index (κ1) is 16.1. The fraction of sp³-hybridized carbons (Fsp3) is 0.0556. The molecule has 0 aliphatic carbocycles. The van der Waals surface area contributed by atoms with Crippen LogP contribution in [-0.4, -0.2) is 5.97 Å². The largest absolute Gasteiger partial charge is 0.458 e. The maximum atomic E-state index is 11.8. The summed E-state index contributed by atoms with van der Waals surface area (Å²) in [6, 6.07) is 15.0. The molecule has 0 unspecified atom stereocenters. The van der Waals surface area contributed by atoms with Gasteiger partial charge in [0.25, 0.3) is 0 Å². The Kier molecular flexibility index (Phi) is 5.01. The van der Waals surface area contributed by atoms with Crippen LogP contribution in [-0.2, 0) is 16.1 Å². The minimum Gasteiger partial charge on any atom is -0.458 e. The maximum Gasteiger partial charge on any atom is 0.331 e. The summed E-state index contributed by atoms with van der Waals surface area (Å²) in [5.74, 6) is -0.409. The Bertz CT molecular complexity index is 866. The molecule has 116 valence electrons. The number of thiophene rings is 1. The second kappa shape index (κ2) is 7.18. The van der Waals surface area contributed by atoms with E-state index in [9.17, 15) is 4.79 Å². The first-order valence-corrected chi connectivity index (χ1v) is 8.47. The molecule has 1 aromatic heterocycles. The number of hydrogen-bond donors (Lipinski definition) is 0. The summed E-state index contributed by atoms with van der Waals surface area (Å²) in [6.45, 7) is 0.209. The highest BCUT2D eigenvalue weighted by atomic mass is 35.5. The van der Waals surface area contributed by atoms with Gasteiger partial charge < -0.3 is 4.74 Å². The Balaban J connectivity index is 1.65. The molecule has 3 aromatic rings. The fourth-order valence-electron chi connectivity index (χ4n) is 2.07. The van der Waals surface area contributed by atoms with E-state index < -0.39 is 5.97 Å². The topological polar surface area (TPSA) is 26.3 Å². The first-order valence-electron chi connectivity index (χ1n) is 6.90. The van der Waals surface area contributed by atoms with Crippen molar-refractivity contribution in [2.24, 2.45) is 0 Å². The molecule has 0 saturated carbocycles. The van der Waals surface area contributed by atoms with Crippen LogP contribution < -0.4 is 0 Å². The maximum absolute atomic E-state index is 11.8. The molecule has 0 atom stereocenters. The lowest BCUT2D eigenvalue weighted by molar-refractivity contribution is -0.138. The number of ether oxygens (including phenoxy) is 1. The number of fused-ring (bicyclic) bond motifs is 1. The van der Waals surface area contributed by atoms with Crippen LogP contribution in [0.15, 0.2) is 54.6 Å². The normalized spacial score (nSPS) is 11.2. The van der Waals surface area contributed by atoms with E-state index in [1.165, 1.54) is 6.08 Å². The molecule has 2 aromatic carbocycles. The molecule has 0 radical (unpaired) electrons. The zero-order chi connectivity index (χ0) is 16.2. The minimum absolute atomic E-state index is 0.209. The number of rotatable bonds is 4. The van der Waals surface area contributed by atoms with E-state index in [2.05, 4.69) is 0 Å². The van der Waals surface area contributed by atoms with Gasteiger partial charge in [-0.15, -0.1) is 11.3 Å². The summed E-state index contributed by atoms with van der Waals surface area (Å²) >= 11 is 13.7. The van der Waals surface area contributed by atoms with E-state index in [0.717, 1.165) is 20.5 Å². The van der Waals surface area contributed by atoms with Gasteiger partial charge in [0, 0.05) is 26.1 Å². The number of benzene rings is 2. The van der Waals surface area contributed by atoms with Crippen molar-refractivity contribution in [3.05, 3.63) is 75.1 Å². The van der Waals surface area contributed by atoms with Crippen LogP contribution in [0.3, 0.4) is 0 Å². The monoisotopic (exact) mass is 362 g/mol. The molecule has 5 heteroatoms. The van der Waals surface area contributed by atoms with Gasteiger partial charge in [0.1, 0.15) is 6.61 Å². The van der Waals surface area contributed by atoms with Crippen molar-refractivity contribution >= 4 is 56.7 Å². The minimum atomic E-state index is -0.409. The van der Waals surface area contributed by atoms with E-state index in [-0.39, 0.29) is 6.61 Å². The van der Waals surface area contributed by atoms with Crippen LogP contribution in [0, 0.1) is 0 Å². The second-order valence-corrected chi connectivity index (χ2v) is 6.74. The van der Waals surface area contributed by atoms with E-state index in [0.29, 0.717) is 10.0 Å². The zero-order valence-corrected chi connectivity index (χ0v) is 14.3. The molecule has 2 nitrogen and oxygen atoms in total. The van der Waals surface area contributed by atoms with E-state index in [4.69, 9.17) is 27.9 Å². The lowest BCUT2D eigenvalue weighted by atomic mass is 10.2. The molecule has 1 heterocycles. The number of carbonyl (C=O) groups is 1. The Morgan fingerprint density at radius 3 is 2.57 bits per heavy atom. The average Bonchev–Trinajstić information content (AvgIpc) is 2.89. The summed E-state index contributed by atoms with van der Waals surface area (Å²) in [7, 11) is 0. The van der Waals surface area contributed by atoms with Gasteiger partial charge in [-0.25, -0.2) is 4.79 Å². The highest BCUT2D eigenvalue weighted by Crippen LogP contribution is 2.35. The van der Waals surface area contributed by atoms with Crippen LogP contribution in [0.25, 0.3) is 16.2 Å². The third-order valence-corrected chi connectivity index (χ3v) is 5.13. The van der Waals surface area contributed by atoms with Crippen molar-refractivity contribution in [3.8, 4) is 0 Å². The van der Waals surface area contributed by atoms with Crippen LogP contribution >= 0.6 is 34.5 Å². The van der Waals surface area contributed by atoms with Crippen molar-refractivity contribution in [1.29, 1.82) is 0 Å². The lowest BCUT2D eigenvalue weighted by Gasteiger charge is -2.02. The summed E-state index contributed by atoms with van der Waals surface area (Å²) in [5, 5.41) is 2.31. The molecule has 23 heavy (non-hydrogen) atoms. The molecule has 3 rings (SSSR count). The highest BCUT2D eigenvalue weighted by molar-refractivity contribution is 7.20. The van der Waals surface area contributed by atoms with Crippen molar-refractivity contribution in [2.45, 2.75) is 6.61 Å². The van der Waals surface area contributed by atoms with E-state index in [1.54, 1.807) is 29.5 Å². The number of esters is 1. The SMILES string of the molecule is O=C(/C=C/c1sc2ccccc2c1Cl)OCc1ccc(Cl)cc1. The van der Waals surface area contributed by atoms with Gasteiger partial charge in [-0.2, -0.15) is 0 Å². The molecule has 0 aliphatic heterocycles. The van der Waals surface area contributed by atoms with Crippen molar-refractivity contribution in [2.75, 3.05) is 0 Å². The van der Waals surface area contributed by atoms with Crippen molar-refractivity contribution in [1.82, 2.24) is 0 Å². The van der Waals surface area contributed by atoms with Gasteiger partial charge >= 0.3 is 5.97 Å². The third kappa shape index (κ3) is 3.94.